The van der Waals surface area contributed by atoms with Gasteiger partial charge in [0.2, 0.25) is 5.82 Å². The topological polar surface area (TPSA) is 85.9 Å². The van der Waals surface area contributed by atoms with Gasteiger partial charge in [0.15, 0.2) is 0 Å². The number of hydrogen-bond acceptors (Lipinski definition) is 8. The highest BCUT2D eigenvalue weighted by Gasteiger charge is 2.23. The van der Waals surface area contributed by atoms with Gasteiger partial charge in [-0.2, -0.15) is 5.21 Å². The smallest absolute Gasteiger partial charge is 0.206 e. The Labute approximate surface area is 197 Å². The van der Waals surface area contributed by atoms with Crippen LogP contribution in [0.4, 0.5) is 11.4 Å². The van der Waals surface area contributed by atoms with Gasteiger partial charge in [0.25, 0.3) is 0 Å². The lowest BCUT2D eigenvalue weighted by Crippen LogP contribution is -2.46. The number of anilines is 2. The molecule has 0 atom stereocenters. The lowest BCUT2D eigenvalue weighted by Gasteiger charge is -2.36. The van der Waals surface area contributed by atoms with Crippen molar-refractivity contribution >= 4 is 32.9 Å². The number of aromatic amines is 1. The first-order chi connectivity index (χ1) is 16.3. The largest absolute Gasteiger partial charge is 0.382 e. The van der Waals surface area contributed by atoms with E-state index in [-0.39, 0.29) is 0 Å². The number of aromatic nitrogens is 5. The summed E-state index contributed by atoms with van der Waals surface area (Å²) in [7, 11) is 0. The molecule has 9 heteroatoms. The van der Waals surface area contributed by atoms with Gasteiger partial charge in [-0.3, -0.25) is 4.90 Å². The maximum Gasteiger partial charge on any atom is 0.206 e. The van der Waals surface area contributed by atoms with Crippen molar-refractivity contribution in [3.05, 3.63) is 47.5 Å². The van der Waals surface area contributed by atoms with Crippen molar-refractivity contribution in [2.45, 2.75) is 38.3 Å². The van der Waals surface area contributed by atoms with E-state index in [2.05, 4.69) is 78.2 Å². The van der Waals surface area contributed by atoms with Crippen LogP contribution in [0.5, 0.6) is 0 Å². The second-order valence-electron chi connectivity index (χ2n) is 8.93. The van der Waals surface area contributed by atoms with Gasteiger partial charge < -0.3 is 10.2 Å². The zero-order valence-electron chi connectivity index (χ0n) is 18.6. The molecular weight excluding hydrogens is 432 g/mol. The number of hydrogen-bond donors (Lipinski definition) is 2. The molecule has 2 N–H and O–H groups in total. The van der Waals surface area contributed by atoms with Gasteiger partial charge in [-0.25, -0.2) is 4.98 Å². The summed E-state index contributed by atoms with van der Waals surface area (Å²) in [5.41, 5.74) is 4.49. The second kappa shape index (κ2) is 9.07. The molecule has 6 rings (SSSR count). The summed E-state index contributed by atoms with van der Waals surface area (Å²) in [5, 5.41) is 19.8. The molecule has 2 fully saturated rings. The van der Waals surface area contributed by atoms with Crippen molar-refractivity contribution in [2.24, 2.45) is 0 Å². The fourth-order valence-electron chi connectivity index (χ4n) is 4.98. The van der Waals surface area contributed by atoms with E-state index in [0.717, 1.165) is 43.8 Å². The van der Waals surface area contributed by atoms with Crippen molar-refractivity contribution in [3.63, 3.8) is 0 Å². The van der Waals surface area contributed by atoms with E-state index in [4.69, 9.17) is 4.98 Å². The van der Waals surface area contributed by atoms with Gasteiger partial charge in [-0.05, 0) is 48.4 Å². The minimum Gasteiger partial charge on any atom is -0.382 e. The van der Waals surface area contributed by atoms with Crippen LogP contribution in [-0.4, -0.2) is 62.7 Å². The molecule has 0 amide bonds. The van der Waals surface area contributed by atoms with E-state index >= 15 is 0 Å². The Bertz CT molecular complexity index is 1170. The van der Waals surface area contributed by atoms with Crippen LogP contribution in [0.25, 0.3) is 21.6 Å². The van der Waals surface area contributed by atoms with Gasteiger partial charge in [0, 0.05) is 43.5 Å². The summed E-state index contributed by atoms with van der Waals surface area (Å²) < 4.78 is 1.27. The molecule has 170 valence electrons. The summed E-state index contributed by atoms with van der Waals surface area (Å²) in [6.45, 7) is 4.84. The summed E-state index contributed by atoms with van der Waals surface area (Å²) in [6.07, 6.45) is 5.16. The molecule has 2 aromatic heterocycles. The molecule has 4 aromatic rings. The van der Waals surface area contributed by atoms with Crippen LogP contribution in [0.1, 0.15) is 30.7 Å². The maximum atomic E-state index is 4.82. The SMILES string of the molecule is c1ccc2sc(CN3CCN(c4cc(NC5CCCC5)ccc4-c4nn[nH]n4)CC3)nc2c1. The van der Waals surface area contributed by atoms with Crippen molar-refractivity contribution in [1.82, 2.24) is 30.5 Å². The van der Waals surface area contributed by atoms with E-state index in [1.165, 1.54) is 46.8 Å². The fraction of sp³-hybridized carbons (Fsp3) is 0.417. The zero-order chi connectivity index (χ0) is 22.0. The lowest BCUT2D eigenvalue weighted by atomic mass is 10.1. The van der Waals surface area contributed by atoms with Crippen LogP contribution in [-0.2, 0) is 6.54 Å². The molecule has 1 aliphatic heterocycles. The van der Waals surface area contributed by atoms with Crippen LogP contribution in [0.15, 0.2) is 42.5 Å². The predicted octanol–water partition coefficient (Wildman–Crippen LogP) is 4.15. The predicted molar refractivity (Wildman–Crippen MR) is 133 cm³/mol. The standard InChI is InChI=1S/C24H28N8S/c1-2-6-17(5-1)25-18-9-10-19(24-27-29-30-28-24)21(15-18)32-13-11-31(12-14-32)16-23-26-20-7-3-4-8-22(20)33-23/h3-4,7-10,15,17,25H,1-2,5-6,11-14,16H2,(H,27,28,29,30). The molecule has 1 aliphatic carbocycles. The Morgan fingerprint density at radius 1 is 1.03 bits per heavy atom. The zero-order valence-corrected chi connectivity index (χ0v) is 19.4. The first-order valence-electron chi connectivity index (χ1n) is 11.8. The Morgan fingerprint density at radius 2 is 1.88 bits per heavy atom. The van der Waals surface area contributed by atoms with Crippen molar-refractivity contribution in [3.8, 4) is 11.4 Å². The van der Waals surface area contributed by atoms with Gasteiger partial charge >= 0.3 is 0 Å². The molecule has 8 nitrogen and oxygen atoms in total. The summed E-state index contributed by atoms with van der Waals surface area (Å²) in [4.78, 5) is 9.78. The first kappa shape index (κ1) is 20.6. The highest BCUT2D eigenvalue weighted by molar-refractivity contribution is 7.18. The van der Waals surface area contributed by atoms with Crippen molar-refractivity contribution < 1.29 is 0 Å². The fourth-order valence-corrected chi connectivity index (χ4v) is 5.99. The van der Waals surface area contributed by atoms with E-state index < -0.39 is 0 Å². The number of H-pyrrole nitrogens is 1. The molecule has 33 heavy (non-hydrogen) atoms. The number of rotatable bonds is 6. The van der Waals surface area contributed by atoms with Gasteiger partial charge in [-0.15, -0.1) is 21.5 Å². The minimum absolute atomic E-state index is 0.583. The summed E-state index contributed by atoms with van der Waals surface area (Å²) >= 11 is 1.80. The van der Waals surface area contributed by atoms with Gasteiger partial charge in [0.1, 0.15) is 5.01 Å². The van der Waals surface area contributed by atoms with Gasteiger partial charge in [-0.1, -0.05) is 25.0 Å². The third-order valence-electron chi connectivity index (χ3n) is 6.72. The molecule has 3 heterocycles. The minimum atomic E-state index is 0.583. The number of fused-ring (bicyclic) bond motifs is 1. The number of nitrogens with one attached hydrogen (secondary N) is 2. The number of piperazine rings is 1. The number of para-hydroxylation sites is 1. The van der Waals surface area contributed by atoms with Crippen LogP contribution in [0, 0.1) is 0 Å². The third kappa shape index (κ3) is 4.43. The Morgan fingerprint density at radius 3 is 2.67 bits per heavy atom. The highest BCUT2D eigenvalue weighted by atomic mass is 32.1. The number of nitrogens with zero attached hydrogens (tertiary/aromatic N) is 6. The first-order valence-corrected chi connectivity index (χ1v) is 12.6. The molecule has 2 aliphatic rings. The Hall–Kier alpha value is -3.04. The quantitative estimate of drug-likeness (QED) is 0.447. The Kier molecular flexibility index (Phi) is 5.65. The monoisotopic (exact) mass is 460 g/mol. The summed E-state index contributed by atoms with van der Waals surface area (Å²) in [5.74, 6) is 0.648. The average Bonchev–Trinajstić information content (AvgIpc) is 3.61. The molecule has 1 saturated heterocycles. The molecular formula is C24H28N8S. The number of thiazole rings is 1. The van der Waals surface area contributed by atoms with Crippen LogP contribution < -0.4 is 10.2 Å². The molecule has 0 spiro atoms. The maximum absolute atomic E-state index is 4.82. The van der Waals surface area contributed by atoms with Gasteiger partial charge in [0.05, 0.1) is 22.4 Å². The van der Waals surface area contributed by atoms with Crippen LogP contribution in [0.2, 0.25) is 0 Å². The molecule has 1 saturated carbocycles. The highest BCUT2D eigenvalue weighted by Crippen LogP contribution is 2.33. The van der Waals surface area contributed by atoms with Crippen LogP contribution >= 0.6 is 11.3 Å². The van der Waals surface area contributed by atoms with Crippen molar-refractivity contribution in [2.75, 3.05) is 36.4 Å². The third-order valence-corrected chi connectivity index (χ3v) is 7.74. The normalized spacial score (nSPS) is 17.8. The van der Waals surface area contributed by atoms with E-state index in [0.29, 0.717) is 11.9 Å². The van der Waals surface area contributed by atoms with E-state index in [1.54, 1.807) is 11.3 Å². The second-order valence-corrected chi connectivity index (χ2v) is 10.0. The molecule has 0 unspecified atom stereocenters. The number of benzene rings is 2. The number of tetrazole rings is 1. The van der Waals surface area contributed by atoms with E-state index in [1.807, 2.05) is 0 Å². The summed E-state index contributed by atoms with van der Waals surface area (Å²) in [6, 6.07) is 15.5. The Balaban J connectivity index is 1.18. The van der Waals surface area contributed by atoms with Crippen molar-refractivity contribution in [1.29, 1.82) is 0 Å². The average molecular weight is 461 g/mol. The molecule has 0 bridgehead atoms. The van der Waals surface area contributed by atoms with E-state index in [9.17, 15) is 0 Å². The molecule has 0 radical (unpaired) electrons. The molecule has 2 aromatic carbocycles. The lowest BCUT2D eigenvalue weighted by molar-refractivity contribution is 0.250. The van der Waals surface area contributed by atoms with Crippen LogP contribution in [0.3, 0.4) is 0 Å².